The summed E-state index contributed by atoms with van der Waals surface area (Å²) < 4.78 is 5.83. The lowest BCUT2D eigenvalue weighted by Gasteiger charge is -2.05. The molecule has 6 heteroatoms. The number of esters is 1. The summed E-state index contributed by atoms with van der Waals surface area (Å²) in [5.74, 6) is -0.220. The van der Waals surface area contributed by atoms with Crippen LogP contribution >= 0.6 is 24.0 Å². The zero-order chi connectivity index (χ0) is 17.1. The first kappa shape index (κ1) is 16.4. The van der Waals surface area contributed by atoms with Crippen molar-refractivity contribution >= 4 is 46.3 Å². The molecule has 1 fully saturated rings. The van der Waals surface area contributed by atoms with Gasteiger partial charge in [0.25, 0.3) is 5.91 Å². The first-order chi connectivity index (χ1) is 11.5. The van der Waals surface area contributed by atoms with E-state index in [4.69, 9.17) is 17.0 Å². The molecule has 0 bridgehead atoms. The molecule has 2 aromatic carbocycles. The minimum absolute atomic E-state index is 0.216. The second-order valence-electron chi connectivity index (χ2n) is 5.18. The average molecular weight is 355 g/mol. The zero-order valence-corrected chi connectivity index (χ0v) is 14.4. The van der Waals surface area contributed by atoms with Crippen molar-refractivity contribution in [2.24, 2.45) is 0 Å². The number of amides is 1. The number of benzene rings is 2. The minimum Gasteiger partial charge on any atom is -0.423 e. The van der Waals surface area contributed by atoms with Crippen molar-refractivity contribution in [1.29, 1.82) is 0 Å². The van der Waals surface area contributed by atoms with Gasteiger partial charge in [0.1, 0.15) is 10.1 Å². The lowest BCUT2D eigenvalue weighted by atomic mass is 10.1. The maximum Gasteiger partial charge on any atom is 0.343 e. The monoisotopic (exact) mass is 355 g/mol. The van der Waals surface area contributed by atoms with Crippen molar-refractivity contribution in [2.75, 3.05) is 0 Å². The van der Waals surface area contributed by atoms with E-state index in [0.717, 1.165) is 11.1 Å². The number of aryl methyl sites for hydroxylation is 1. The molecule has 1 N–H and O–H groups in total. The number of nitrogens with one attached hydrogen (secondary N) is 1. The Bertz CT molecular complexity index is 857. The van der Waals surface area contributed by atoms with Gasteiger partial charge in [-0.1, -0.05) is 53.8 Å². The number of ether oxygens (including phenoxy) is 1. The normalized spacial score (nSPS) is 15.5. The maximum absolute atomic E-state index is 12.2. The highest BCUT2D eigenvalue weighted by Crippen LogP contribution is 2.27. The van der Waals surface area contributed by atoms with Gasteiger partial charge in [-0.15, -0.1) is 0 Å². The van der Waals surface area contributed by atoms with Crippen molar-refractivity contribution in [3.05, 3.63) is 70.1 Å². The summed E-state index contributed by atoms with van der Waals surface area (Å²) in [5, 5.41) is 2.56. The molecule has 2 aromatic rings. The molecule has 1 heterocycles. The van der Waals surface area contributed by atoms with Crippen LogP contribution in [0.5, 0.6) is 5.75 Å². The molecule has 1 aliphatic heterocycles. The summed E-state index contributed by atoms with van der Waals surface area (Å²) in [6, 6.07) is 14.2. The molecule has 120 valence electrons. The van der Waals surface area contributed by atoms with Crippen molar-refractivity contribution in [3.8, 4) is 5.75 Å². The van der Waals surface area contributed by atoms with E-state index in [1.807, 2.05) is 25.1 Å². The van der Waals surface area contributed by atoms with Crippen molar-refractivity contribution < 1.29 is 14.3 Å². The van der Waals surface area contributed by atoms with Crippen molar-refractivity contribution in [1.82, 2.24) is 5.32 Å². The second-order valence-corrected chi connectivity index (χ2v) is 6.90. The maximum atomic E-state index is 12.2. The van der Waals surface area contributed by atoms with Crippen molar-refractivity contribution in [3.63, 3.8) is 0 Å². The van der Waals surface area contributed by atoms with E-state index in [0.29, 0.717) is 20.5 Å². The fraction of sp³-hybridized carbons (Fsp3) is 0.0556. The standard InChI is InChI=1S/C18H13NO3S2/c1-11-5-7-13(8-6-11)17(21)22-14-4-2-3-12(9-14)10-15-16(20)19-18(23)24-15/h2-10H,1H3,(H,19,20,23). The van der Waals surface area contributed by atoms with Crippen molar-refractivity contribution in [2.45, 2.75) is 6.92 Å². The Morgan fingerprint density at radius 2 is 1.96 bits per heavy atom. The molecule has 0 spiro atoms. The third-order valence-corrected chi connectivity index (χ3v) is 4.46. The Hall–Kier alpha value is -2.44. The van der Waals surface area contributed by atoms with Gasteiger partial charge >= 0.3 is 5.97 Å². The van der Waals surface area contributed by atoms with E-state index >= 15 is 0 Å². The molecule has 0 aliphatic carbocycles. The van der Waals surface area contributed by atoms with Gasteiger partial charge in [0, 0.05) is 0 Å². The fourth-order valence-electron chi connectivity index (χ4n) is 2.10. The number of carbonyl (C=O) groups is 2. The zero-order valence-electron chi connectivity index (χ0n) is 12.7. The third kappa shape index (κ3) is 3.90. The molecule has 0 aromatic heterocycles. The molecule has 24 heavy (non-hydrogen) atoms. The summed E-state index contributed by atoms with van der Waals surface area (Å²) in [4.78, 5) is 24.4. The van der Waals surface area contributed by atoms with Gasteiger partial charge in [-0.3, -0.25) is 4.79 Å². The van der Waals surface area contributed by atoms with E-state index in [2.05, 4.69) is 5.32 Å². The molecule has 0 unspecified atom stereocenters. The summed E-state index contributed by atoms with van der Waals surface area (Å²) in [5.41, 5.74) is 2.32. The first-order valence-electron chi connectivity index (χ1n) is 7.15. The highest BCUT2D eigenvalue weighted by molar-refractivity contribution is 8.26. The number of carbonyl (C=O) groups excluding carboxylic acids is 2. The number of hydrogen-bond acceptors (Lipinski definition) is 5. The number of hydrogen-bond donors (Lipinski definition) is 1. The van der Waals surface area contributed by atoms with Gasteiger partial charge in [-0.25, -0.2) is 4.79 Å². The van der Waals surface area contributed by atoms with Crippen LogP contribution in [0.3, 0.4) is 0 Å². The van der Waals surface area contributed by atoms with Crippen LogP contribution in [0.15, 0.2) is 53.4 Å². The average Bonchev–Trinajstić information content (AvgIpc) is 2.86. The lowest BCUT2D eigenvalue weighted by Crippen LogP contribution is -2.17. The molecule has 1 amide bonds. The van der Waals surface area contributed by atoms with Crippen LogP contribution in [-0.2, 0) is 4.79 Å². The minimum atomic E-state index is -0.422. The highest BCUT2D eigenvalue weighted by atomic mass is 32.2. The molecular weight excluding hydrogens is 342 g/mol. The van der Waals surface area contributed by atoms with Crippen LogP contribution in [0, 0.1) is 6.92 Å². The van der Waals surface area contributed by atoms with Crippen LogP contribution in [0.1, 0.15) is 21.5 Å². The lowest BCUT2D eigenvalue weighted by molar-refractivity contribution is -0.115. The smallest absolute Gasteiger partial charge is 0.343 e. The summed E-state index contributed by atoms with van der Waals surface area (Å²) in [6.45, 7) is 1.95. The Labute approximate surface area is 148 Å². The fourth-order valence-corrected chi connectivity index (χ4v) is 3.14. The van der Waals surface area contributed by atoms with Crippen LogP contribution in [-0.4, -0.2) is 16.2 Å². The summed E-state index contributed by atoms with van der Waals surface area (Å²) in [7, 11) is 0. The summed E-state index contributed by atoms with van der Waals surface area (Å²) >= 11 is 6.17. The topological polar surface area (TPSA) is 55.4 Å². The van der Waals surface area contributed by atoms with E-state index in [1.165, 1.54) is 11.8 Å². The molecule has 3 rings (SSSR count). The highest BCUT2D eigenvalue weighted by Gasteiger charge is 2.21. The predicted octanol–water partition coefficient (Wildman–Crippen LogP) is 3.70. The first-order valence-corrected chi connectivity index (χ1v) is 8.37. The predicted molar refractivity (Wildman–Crippen MR) is 98.9 cm³/mol. The molecule has 1 aliphatic rings. The number of thioether (sulfide) groups is 1. The molecular formula is C18H13NO3S2. The number of thiocarbonyl (C=S) groups is 1. The second kappa shape index (κ2) is 6.98. The van der Waals surface area contributed by atoms with Gasteiger partial charge in [-0.05, 0) is 42.8 Å². The Balaban J connectivity index is 1.77. The van der Waals surface area contributed by atoms with Crippen LogP contribution < -0.4 is 10.1 Å². The van der Waals surface area contributed by atoms with Crippen LogP contribution in [0.2, 0.25) is 0 Å². The molecule has 1 saturated heterocycles. The van der Waals surface area contributed by atoms with E-state index in [1.54, 1.807) is 36.4 Å². The van der Waals surface area contributed by atoms with Gasteiger partial charge < -0.3 is 10.1 Å². The van der Waals surface area contributed by atoms with Crippen LogP contribution in [0.4, 0.5) is 0 Å². The quantitative estimate of drug-likeness (QED) is 0.394. The third-order valence-electron chi connectivity index (χ3n) is 3.30. The van der Waals surface area contributed by atoms with Gasteiger partial charge in [0.2, 0.25) is 0 Å². The Morgan fingerprint density at radius 1 is 1.21 bits per heavy atom. The largest absolute Gasteiger partial charge is 0.423 e. The number of rotatable bonds is 3. The van der Waals surface area contributed by atoms with Gasteiger partial charge in [0.15, 0.2) is 0 Å². The molecule has 0 saturated carbocycles. The van der Waals surface area contributed by atoms with E-state index in [9.17, 15) is 9.59 Å². The summed E-state index contributed by atoms with van der Waals surface area (Å²) in [6.07, 6.45) is 1.71. The van der Waals surface area contributed by atoms with Gasteiger partial charge in [0.05, 0.1) is 10.5 Å². The van der Waals surface area contributed by atoms with Crippen LogP contribution in [0.25, 0.3) is 6.08 Å². The Morgan fingerprint density at radius 3 is 2.62 bits per heavy atom. The van der Waals surface area contributed by atoms with Gasteiger partial charge in [-0.2, -0.15) is 0 Å². The Kier molecular flexibility index (Phi) is 4.78. The SMILES string of the molecule is Cc1ccc(C(=O)Oc2cccc(C=C3SC(=S)NC3=O)c2)cc1. The molecule has 0 atom stereocenters. The van der Waals surface area contributed by atoms with E-state index in [-0.39, 0.29) is 5.91 Å². The van der Waals surface area contributed by atoms with E-state index < -0.39 is 5.97 Å². The molecule has 4 nitrogen and oxygen atoms in total. The molecule has 0 radical (unpaired) electrons.